The van der Waals surface area contributed by atoms with Gasteiger partial charge in [0.2, 0.25) is 0 Å². The van der Waals surface area contributed by atoms with Crippen LogP contribution in [0.4, 0.5) is 14.9 Å². The first-order valence-electron chi connectivity index (χ1n) is 8.04. The number of aliphatic hydroxyl groups is 1. The number of urea groups is 1. The lowest BCUT2D eigenvalue weighted by atomic mass is 10.1. The van der Waals surface area contributed by atoms with E-state index in [0.29, 0.717) is 12.2 Å². The first-order valence-corrected chi connectivity index (χ1v) is 8.04. The molecule has 0 spiro atoms. The molecule has 6 heteroatoms. The molecule has 0 aliphatic heterocycles. The minimum absolute atomic E-state index is 0.0236. The van der Waals surface area contributed by atoms with Crippen molar-refractivity contribution in [2.45, 2.75) is 12.5 Å². The zero-order valence-corrected chi connectivity index (χ0v) is 13.5. The number of hydrogen-bond acceptors (Lipinski definition) is 3. The van der Waals surface area contributed by atoms with Crippen molar-refractivity contribution in [2.75, 3.05) is 11.9 Å². The highest BCUT2D eigenvalue weighted by Crippen LogP contribution is 2.31. The molecule has 25 heavy (non-hydrogen) atoms. The lowest BCUT2D eigenvalue weighted by Crippen LogP contribution is -2.36. The molecule has 2 aromatic rings. The number of amides is 2. The van der Waals surface area contributed by atoms with E-state index in [1.807, 2.05) is 18.2 Å². The Morgan fingerprint density at radius 3 is 2.68 bits per heavy atom. The van der Waals surface area contributed by atoms with E-state index in [4.69, 9.17) is 9.84 Å². The van der Waals surface area contributed by atoms with Gasteiger partial charge in [0.1, 0.15) is 11.4 Å². The smallest absolute Gasteiger partial charge is 0.319 e. The van der Waals surface area contributed by atoms with Crippen molar-refractivity contribution < 1.29 is 19.0 Å². The minimum Gasteiger partial charge on any atom is -0.455 e. The van der Waals surface area contributed by atoms with Gasteiger partial charge in [-0.15, -0.1) is 0 Å². The number of aliphatic hydroxyl groups excluding tert-OH is 1. The summed E-state index contributed by atoms with van der Waals surface area (Å²) in [5, 5.41) is 14.4. The summed E-state index contributed by atoms with van der Waals surface area (Å²) < 4.78 is 19.8. The molecule has 0 saturated carbocycles. The van der Waals surface area contributed by atoms with Crippen molar-refractivity contribution in [3.8, 4) is 11.5 Å². The van der Waals surface area contributed by atoms with Crippen molar-refractivity contribution in [2.24, 2.45) is 5.92 Å². The largest absolute Gasteiger partial charge is 0.455 e. The van der Waals surface area contributed by atoms with Crippen LogP contribution in [0.3, 0.4) is 0 Å². The standard InChI is InChI=1S/C19H19FN2O3/c20-16-7-4-8-17(25-15-5-2-1-3-6-15)18(16)22-19(24)21-14-10-9-13(11-14)12-23/h1-10,13-14,23H,11-12H2,(H2,21,22,24)/t13-,14+/m0/s1. The number of nitrogens with one attached hydrogen (secondary N) is 2. The van der Waals surface area contributed by atoms with Crippen LogP contribution in [-0.4, -0.2) is 23.8 Å². The van der Waals surface area contributed by atoms with E-state index >= 15 is 0 Å². The SMILES string of the molecule is O=C(Nc1c(F)cccc1Oc1ccccc1)N[C@@H]1C=C[C@H](CO)C1. The van der Waals surface area contributed by atoms with Gasteiger partial charge in [0.15, 0.2) is 11.6 Å². The van der Waals surface area contributed by atoms with E-state index in [1.165, 1.54) is 12.1 Å². The van der Waals surface area contributed by atoms with E-state index in [1.54, 1.807) is 30.3 Å². The minimum atomic E-state index is -0.584. The predicted octanol–water partition coefficient (Wildman–Crippen LogP) is 3.68. The van der Waals surface area contributed by atoms with Gasteiger partial charge in [0, 0.05) is 18.6 Å². The molecule has 0 radical (unpaired) electrons. The number of para-hydroxylation sites is 2. The lowest BCUT2D eigenvalue weighted by molar-refractivity contribution is 0.238. The molecule has 1 aliphatic carbocycles. The molecule has 1 aliphatic rings. The summed E-state index contributed by atoms with van der Waals surface area (Å²) in [6.07, 6.45) is 4.30. The number of carbonyl (C=O) groups is 1. The van der Waals surface area contributed by atoms with Gasteiger partial charge in [-0.1, -0.05) is 36.4 Å². The molecule has 0 aromatic heterocycles. The summed E-state index contributed by atoms with van der Waals surface area (Å²) in [5.74, 6) is 0.215. The molecule has 3 N–H and O–H groups in total. The fraction of sp³-hybridized carbons (Fsp3) is 0.211. The van der Waals surface area contributed by atoms with Crippen LogP contribution in [0, 0.1) is 11.7 Å². The van der Waals surface area contributed by atoms with Gasteiger partial charge in [0.05, 0.1) is 0 Å². The molecule has 0 saturated heterocycles. The summed E-state index contributed by atoms with van der Waals surface area (Å²) in [6, 6.07) is 12.6. The van der Waals surface area contributed by atoms with Crippen LogP contribution >= 0.6 is 0 Å². The highest BCUT2D eigenvalue weighted by molar-refractivity contribution is 5.91. The third kappa shape index (κ3) is 4.36. The third-order valence-corrected chi connectivity index (χ3v) is 3.91. The maximum Gasteiger partial charge on any atom is 0.319 e. The molecule has 130 valence electrons. The van der Waals surface area contributed by atoms with Gasteiger partial charge >= 0.3 is 6.03 Å². The Bertz CT molecular complexity index is 765. The average Bonchev–Trinajstić information content (AvgIpc) is 3.06. The summed E-state index contributed by atoms with van der Waals surface area (Å²) >= 11 is 0. The Hall–Kier alpha value is -2.86. The highest BCUT2D eigenvalue weighted by Gasteiger charge is 2.21. The Morgan fingerprint density at radius 1 is 1.16 bits per heavy atom. The first-order chi connectivity index (χ1) is 12.2. The number of anilines is 1. The molecule has 2 aromatic carbocycles. The molecule has 0 fully saturated rings. The van der Waals surface area contributed by atoms with Crippen molar-refractivity contribution >= 4 is 11.7 Å². The van der Waals surface area contributed by atoms with E-state index in [-0.39, 0.29) is 30.0 Å². The number of benzene rings is 2. The van der Waals surface area contributed by atoms with E-state index in [0.717, 1.165) is 0 Å². The van der Waals surface area contributed by atoms with Crippen molar-refractivity contribution in [3.63, 3.8) is 0 Å². The van der Waals surface area contributed by atoms with Crippen LogP contribution in [0.25, 0.3) is 0 Å². The molecule has 0 bridgehead atoms. The van der Waals surface area contributed by atoms with E-state index in [9.17, 15) is 9.18 Å². The van der Waals surface area contributed by atoms with Crippen LogP contribution in [0.1, 0.15) is 6.42 Å². The van der Waals surface area contributed by atoms with Crippen molar-refractivity contribution in [1.29, 1.82) is 0 Å². The summed E-state index contributed by atoms with van der Waals surface area (Å²) in [4.78, 5) is 12.2. The fourth-order valence-corrected chi connectivity index (χ4v) is 2.66. The number of carbonyl (C=O) groups excluding carboxylic acids is 1. The maximum atomic E-state index is 14.2. The Kier molecular flexibility index (Phi) is 5.30. The number of rotatable bonds is 5. The number of hydrogen-bond donors (Lipinski definition) is 3. The molecule has 3 rings (SSSR count). The van der Waals surface area contributed by atoms with Crippen molar-refractivity contribution in [1.82, 2.24) is 5.32 Å². The van der Waals surface area contributed by atoms with Gasteiger partial charge in [0.25, 0.3) is 0 Å². The lowest BCUT2D eigenvalue weighted by Gasteiger charge is -2.16. The Balaban J connectivity index is 1.69. The van der Waals surface area contributed by atoms with Crippen LogP contribution in [-0.2, 0) is 0 Å². The van der Waals surface area contributed by atoms with Crippen LogP contribution in [0.15, 0.2) is 60.7 Å². The van der Waals surface area contributed by atoms with E-state index < -0.39 is 11.8 Å². The topological polar surface area (TPSA) is 70.6 Å². The molecular weight excluding hydrogens is 323 g/mol. The second-order valence-electron chi connectivity index (χ2n) is 5.80. The quantitative estimate of drug-likeness (QED) is 0.726. The normalized spacial score (nSPS) is 18.8. The molecule has 0 unspecified atom stereocenters. The van der Waals surface area contributed by atoms with Gasteiger partial charge in [-0.3, -0.25) is 0 Å². The van der Waals surface area contributed by atoms with Crippen LogP contribution in [0.5, 0.6) is 11.5 Å². The number of halogens is 1. The van der Waals surface area contributed by atoms with Gasteiger partial charge in [-0.2, -0.15) is 0 Å². The Morgan fingerprint density at radius 2 is 1.96 bits per heavy atom. The zero-order valence-electron chi connectivity index (χ0n) is 13.5. The zero-order chi connectivity index (χ0) is 17.6. The van der Waals surface area contributed by atoms with E-state index in [2.05, 4.69) is 10.6 Å². The van der Waals surface area contributed by atoms with Gasteiger partial charge in [-0.25, -0.2) is 9.18 Å². The third-order valence-electron chi connectivity index (χ3n) is 3.91. The summed E-state index contributed by atoms with van der Waals surface area (Å²) in [5.41, 5.74) is -0.0236. The van der Waals surface area contributed by atoms with Crippen LogP contribution in [0.2, 0.25) is 0 Å². The number of ether oxygens (including phenoxy) is 1. The molecule has 0 heterocycles. The average molecular weight is 342 g/mol. The summed E-state index contributed by atoms with van der Waals surface area (Å²) in [6.45, 7) is 0.0404. The maximum absolute atomic E-state index is 14.2. The monoisotopic (exact) mass is 342 g/mol. The molecule has 2 atom stereocenters. The highest BCUT2D eigenvalue weighted by atomic mass is 19.1. The van der Waals surface area contributed by atoms with Gasteiger partial charge < -0.3 is 20.5 Å². The second-order valence-corrected chi connectivity index (χ2v) is 5.80. The van der Waals surface area contributed by atoms with Crippen molar-refractivity contribution in [3.05, 3.63) is 66.5 Å². The predicted molar refractivity (Wildman–Crippen MR) is 93.2 cm³/mol. The second kappa shape index (κ2) is 7.81. The molecule has 2 amide bonds. The molecular formula is C19H19FN2O3. The first kappa shape index (κ1) is 17.0. The van der Waals surface area contributed by atoms with Gasteiger partial charge in [-0.05, 0) is 30.7 Å². The van der Waals surface area contributed by atoms with Crippen LogP contribution < -0.4 is 15.4 Å². The summed E-state index contributed by atoms with van der Waals surface area (Å²) in [7, 11) is 0. The Labute approximate surface area is 145 Å². The molecule has 5 nitrogen and oxygen atoms in total. The fourth-order valence-electron chi connectivity index (χ4n) is 2.66.